The van der Waals surface area contributed by atoms with E-state index in [1.54, 1.807) is 46.4 Å². The zero-order chi connectivity index (χ0) is 20.8. The summed E-state index contributed by atoms with van der Waals surface area (Å²) in [5.74, 6) is -0.308. The van der Waals surface area contributed by atoms with Crippen LogP contribution in [0, 0.1) is 5.41 Å². The third-order valence-electron chi connectivity index (χ3n) is 4.16. The van der Waals surface area contributed by atoms with Gasteiger partial charge in [0.2, 0.25) is 0 Å². The Morgan fingerprint density at radius 1 is 1.15 bits per heavy atom. The molecule has 1 aliphatic heterocycles. The predicted molar refractivity (Wildman–Crippen MR) is 99.6 cm³/mol. The molecule has 0 unspecified atom stereocenters. The topological polar surface area (TPSA) is 108 Å². The predicted octanol–water partition coefficient (Wildman–Crippen LogP) is 1.76. The van der Waals surface area contributed by atoms with Gasteiger partial charge in [-0.3, -0.25) is 4.79 Å². The number of piperazine rings is 1. The summed E-state index contributed by atoms with van der Waals surface area (Å²) in [5.41, 5.74) is -1.36. The van der Waals surface area contributed by atoms with Gasteiger partial charge < -0.3 is 29.7 Å². The fourth-order valence-electron chi connectivity index (χ4n) is 2.71. The van der Waals surface area contributed by atoms with Crippen molar-refractivity contribution in [1.82, 2.24) is 15.1 Å². The number of nitrogens with zero attached hydrogens (tertiary/aromatic N) is 2. The molecule has 27 heavy (non-hydrogen) atoms. The molecule has 2 amide bonds. The highest BCUT2D eigenvalue weighted by Crippen LogP contribution is 2.18. The van der Waals surface area contributed by atoms with Crippen LogP contribution >= 0.6 is 0 Å². The molecule has 9 heteroatoms. The number of rotatable bonds is 6. The van der Waals surface area contributed by atoms with E-state index in [4.69, 9.17) is 9.47 Å². The minimum Gasteiger partial charge on any atom is -0.466 e. The highest BCUT2D eigenvalue weighted by Gasteiger charge is 2.35. The molecule has 0 saturated carbocycles. The quantitative estimate of drug-likeness (QED) is 0.669. The van der Waals surface area contributed by atoms with Crippen LogP contribution in [-0.4, -0.2) is 84.0 Å². The molecule has 0 aromatic rings. The highest BCUT2D eigenvalue weighted by atomic mass is 16.6. The molecule has 0 aromatic heterocycles. The lowest BCUT2D eigenvalue weighted by Gasteiger charge is -2.41. The monoisotopic (exact) mass is 387 g/mol. The van der Waals surface area contributed by atoms with Crippen molar-refractivity contribution >= 4 is 18.2 Å². The van der Waals surface area contributed by atoms with Gasteiger partial charge in [-0.25, -0.2) is 9.59 Å². The third kappa shape index (κ3) is 7.24. The lowest BCUT2D eigenvalue weighted by atomic mass is 9.93. The Labute approximate surface area is 161 Å². The summed E-state index contributed by atoms with van der Waals surface area (Å²) < 4.78 is 10.5. The first-order valence-corrected chi connectivity index (χ1v) is 9.23. The van der Waals surface area contributed by atoms with Crippen LogP contribution in [0.25, 0.3) is 0 Å². The van der Waals surface area contributed by atoms with Gasteiger partial charge in [0.1, 0.15) is 5.60 Å². The van der Waals surface area contributed by atoms with Crippen LogP contribution < -0.4 is 5.32 Å². The number of carbonyl (C=O) groups excluding carboxylic acids is 2. The molecular weight excluding hydrogens is 354 g/mol. The van der Waals surface area contributed by atoms with E-state index in [0.717, 1.165) is 0 Å². The minimum atomic E-state index is -1.02. The van der Waals surface area contributed by atoms with Crippen molar-refractivity contribution in [3.63, 3.8) is 0 Å². The maximum absolute atomic E-state index is 12.5. The van der Waals surface area contributed by atoms with Crippen LogP contribution in [0.4, 0.5) is 9.59 Å². The van der Waals surface area contributed by atoms with Crippen molar-refractivity contribution in [3.8, 4) is 0 Å². The van der Waals surface area contributed by atoms with Gasteiger partial charge in [0, 0.05) is 32.7 Å². The molecule has 0 aromatic carbocycles. The average molecular weight is 387 g/mol. The normalized spacial score (nSPS) is 18.2. The Morgan fingerprint density at radius 2 is 1.78 bits per heavy atom. The van der Waals surface area contributed by atoms with E-state index in [2.05, 4.69) is 5.32 Å². The maximum atomic E-state index is 12.5. The molecule has 9 nitrogen and oxygen atoms in total. The maximum Gasteiger partial charge on any atom is 0.410 e. The summed E-state index contributed by atoms with van der Waals surface area (Å²) in [6.07, 6.45) is -1.49. The van der Waals surface area contributed by atoms with Crippen LogP contribution in [-0.2, 0) is 14.3 Å². The zero-order valence-corrected chi connectivity index (χ0v) is 17.2. The van der Waals surface area contributed by atoms with E-state index in [0.29, 0.717) is 19.7 Å². The number of amides is 2. The second kappa shape index (κ2) is 9.25. The summed E-state index contributed by atoms with van der Waals surface area (Å²) in [4.78, 5) is 38.6. The van der Waals surface area contributed by atoms with Crippen LogP contribution in [0.15, 0.2) is 0 Å². The van der Waals surface area contributed by atoms with Crippen LogP contribution in [0.3, 0.4) is 0 Å². The molecule has 1 atom stereocenters. The molecule has 1 fully saturated rings. The Morgan fingerprint density at radius 3 is 2.30 bits per heavy atom. The van der Waals surface area contributed by atoms with Gasteiger partial charge in [0.05, 0.1) is 18.1 Å². The summed E-state index contributed by atoms with van der Waals surface area (Å²) >= 11 is 0. The minimum absolute atomic E-state index is 0.182. The average Bonchev–Trinajstić information content (AvgIpc) is 2.53. The molecular formula is C18H33N3O6. The van der Waals surface area contributed by atoms with E-state index in [1.165, 1.54) is 4.90 Å². The Bertz CT molecular complexity index is 544. The number of carboxylic acid groups (broad SMARTS) is 1. The van der Waals surface area contributed by atoms with Crippen molar-refractivity contribution in [2.24, 2.45) is 5.41 Å². The zero-order valence-electron chi connectivity index (χ0n) is 17.2. The SMILES string of the molecule is CCOC(=O)C(C)(C)CNC[C@@H]1CN(C(=O)O)CCN1C(=O)OC(C)(C)C. The van der Waals surface area contributed by atoms with Crippen molar-refractivity contribution < 1.29 is 29.0 Å². The van der Waals surface area contributed by atoms with Crippen molar-refractivity contribution in [2.75, 3.05) is 39.3 Å². The number of hydrogen-bond donors (Lipinski definition) is 2. The van der Waals surface area contributed by atoms with Gasteiger partial charge in [-0.05, 0) is 41.5 Å². The van der Waals surface area contributed by atoms with Gasteiger partial charge in [-0.2, -0.15) is 0 Å². The smallest absolute Gasteiger partial charge is 0.410 e. The van der Waals surface area contributed by atoms with Gasteiger partial charge in [-0.15, -0.1) is 0 Å². The van der Waals surface area contributed by atoms with Crippen LogP contribution in [0.5, 0.6) is 0 Å². The van der Waals surface area contributed by atoms with Gasteiger partial charge in [-0.1, -0.05) is 0 Å². The van der Waals surface area contributed by atoms with Gasteiger partial charge in [0.15, 0.2) is 0 Å². The fraction of sp³-hybridized carbons (Fsp3) is 0.833. The summed E-state index contributed by atoms with van der Waals surface area (Å²) in [6.45, 7) is 12.3. The molecule has 1 heterocycles. The fourth-order valence-corrected chi connectivity index (χ4v) is 2.71. The summed E-state index contributed by atoms with van der Waals surface area (Å²) in [5, 5.41) is 12.4. The molecule has 2 N–H and O–H groups in total. The molecule has 0 spiro atoms. The number of esters is 1. The molecule has 156 valence electrons. The second-order valence-electron chi connectivity index (χ2n) is 8.29. The van der Waals surface area contributed by atoms with Crippen molar-refractivity contribution in [2.45, 2.75) is 53.2 Å². The van der Waals surface area contributed by atoms with E-state index in [1.807, 2.05) is 0 Å². The number of carbonyl (C=O) groups is 3. The van der Waals surface area contributed by atoms with E-state index in [9.17, 15) is 19.5 Å². The number of hydrogen-bond acceptors (Lipinski definition) is 6. The Balaban J connectivity index is 2.75. The molecule has 1 aliphatic rings. The standard InChI is InChI=1S/C18H33N3O6/c1-7-26-14(22)18(5,6)12-19-10-13-11-20(15(23)24)8-9-21(13)16(25)27-17(2,3)4/h13,19H,7-12H2,1-6H3,(H,23,24)/t13-/m1/s1. The van der Waals surface area contributed by atoms with Crippen LogP contribution in [0.2, 0.25) is 0 Å². The first-order valence-electron chi connectivity index (χ1n) is 9.23. The first kappa shape index (κ1) is 23.0. The van der Waals surface area contributed by atoms with Crippen molar-refractivity contribution in [3.05, 3.63) is 0 Å². The van der Waals surface area contributed by atoms with Crippen molar-refractivity contribution in [1.29, 1.82) is 0 Å². The molecule has 1 rings (SSSR count). The number of ether oxygens (including phenoxy) is 2. The lowest BCUT2D eigenvalue weighted by Crippen LogP contribution is -2.60. The van der Waals surface area contributed by atoms with Gasteiger partial charge >= 0.3 is 18.2 Å². The molecule has 1 saturated heterocycles. The molecule has 0 bridgehead atoms. The van der Waals surface area contributed by atoms with E-state index in [-0.39, 0.29) is 31.6 Å². The Hall–Kier alpha value is -2.03. The lowest BCUT2D eigenvalue weighted by molar-refractivity contribution is -0.153. The van der Waals surface area contributed by atoms with Crippen LogP contribution in [0.1, 0.15) is 41.5 Å². The highest BCUT2D eigenvalue weighted by molar-refractivity contribution is 5.76. The number of nitrogens with one attached hydrogen (secondary N) is 1. The van der Waals surface area contributed by atoms with E-state index >= 15 is 0 Å². The Kier molecular flexibility index (Phi) is 7.89. The first-order chi connectivity index (χ1) is 12.4. The largest absolute Gasteiger partial charge is 0.466 e. The molecule has 0 aliphatic carbocycles. The second-order valence-corrected chi connectivity index (χ2v) is 8.29. The van der Waals surface area contributed by atoms with Gasteiger partial charge in [0.25, 0.3) is 0 Å². The summed E-state index contributed by atoms with van der Waals surface area (Å²) in [7, 11) is 0. The third-order valence-corrected chi connectivity index (χ3v) is 4.16. The summed E-state index contributed by atoms with van der Waals surface area (Å²) in [6, 6.07) is -0.386. The van der Waals surface area contributed by atoms with E-state index < -0.39 is 23.2 Å². The molecule has 0 radical (unpaired) electrons.